The summed E-state index contributed by atoms with van der Waals surface area (Å²) in [4.78, 5) is 24.6. The number of rotatable bonds is 6. The molecule has 0 saturated carbocycles. The van der Waals surface area contributed by atoms with E-state index in [4.69, 9.17) is 22.1 Å². The maximum absolute atomic E-state index is 12.4. The van der Waals surface area contributed by atoms with Crippen molar-refractivity contribution in [3.8, 4) is 0 Å². The lowest BCUT2D eigenvalue weighted by Gasteiger charge is -2.20. The predicted molar refractivity (Wildman–Crippen MR) is 109 cm³/mol. The summed E-state index contributed by atoms with van der Waals surface area (Å²) in [7, 11) is 0. The maximum Gasteiger partial charge on any atom is 0.340 e. The van der Waals surface area contributed by atoms with Gasteiger partial charge in [0.25, 0.3) is 5.91 Å². The molecule has 5 nitrogen and oxygen atoms in total. The lowest BCUT2D eigenvalue weighted by molar-refractivity contribution is -0.124. The molecule has 1 amide bonds. The number of carbonyl (C=O) groups is 2. The van der Waals surface area contributed by atoms with E-state index in [1.54, 1.807) is 0 Å². The van der Waals surface area contributed by atoms with Crippen molar-refractivity contribution in [2.45, 2.75) is 6.04 Å². The molecule has 0 spiro atoms. The highest BCUT2D eigenvalue weighted by Crippen LogP contribution is 2.22. The first-order valence-corrected chi connectivity index (χ1v) is 9.04. The summed E-state index contributed by atoms with van der Waals surface area (Å²) < 4.78 is 5.11. The van der Waals surface area contributed by atoms with Crippen LogP contribution in [0, 0.1) is 0 Å². The molecule has 0 unspecified atom stereocenters. The number of nitrogens with one attached hydrogen (secondary N) is 1. The van der Waals surface area contributed by atoms with E-state index in [0.717, 1.165) is 11.1 Å². The van der Waals surface area contributed by atoms with Gasteiger partial charge in [-0.2, -0.15) is 0 Å². The third kappa shape index (κ3) is 4.90. The second-order valence-corrected chi connectivity index (χ2v) is 6.57. The second-order valence-electron chi connectivity index (χ2n) is 6.13. The first-order chi connectivity index (χ1) is 13.5. The summed E-state index contributed by atoms with van der Waals surface area (Å²) in [6.07, 6.45) is 0. The number of halogens is 1. The van der Waals surface area contributed by atoms with Gasteiger partial charge in [0.15, 0.2) is 6.61 Å². The molecular formula is C22H19ClN2O3. The van der Waals surface area contributed by atoms with Crippen LogP contribution in [-0.4, -0.2) is 18.5 Å². The number of ether oxygens (including phenoxy) is 1. The molecule has 0 heterocycles. The van der Waals surface area contributed by atoms with Crippen LogP contribution in [0.15, 0.2) is 78.9 Å². The van der Waals surface area contributed by atoms with E-state index < -0.39 is 18.5 Å². The number of amides is 1. The van der Waals surface area contributed by atoms with Gasteiger partial charge in [-0.15, -0.1) is 0 Å². The van der Waals surface area contributed by atoms with Gasteiger partial charge in [0.2, 0.25) is 0 Å². The van der Waals surface area contributed by atoms with Gasteiger partial charge in [-0.25, -0.2) is 4.79 Å². The van der Waals surface area contributed by atoms with Crippen LogP contribution >= 0.6 is 11.6 Å². The Morgan fingerprint density at radius 2 is 1.50 bits per heavy atom. The van der Waals surface area contributed by atoms with Crippen molar-refractivity contribution >= 4 is 29.2 Å². The second kappa shape index (κ2) is 9.06. The minimum Gasteiger partial charge on any atom is -0.452 e. The number of hydrogen-bond acceptors (Lipinski definition) is 4. The summed E-state index contributed by atoms with van der Waals surface area (Å²) in [5, 5.41) is 3.33. The lowest BCUT2D eigenvalue weighted by atomic mass is 9.99. The normalized spacial score (nSPS) is 10.5. The summed E-state index contributed by atoms with van der Waals surface area (Å²) in [5.41, 5.74) is 7.99. The van der Waals surface area contributed by atoms with Gasteiger partial charge in [0.1, 0.15) is 0 Å². The fourth-order valence-electron chi connectivity index (χ4n) is 2.78. The Balaban J connectivity index is 1.68. The molecule has 0 fully saturated rings. The van der Waals surface area contributed by atoms with Crippen molar-refractivity contribution in [3.05, 3.63) is 101 Å². The van der Waals surface area contributed by atoms with E-state index in [9.17, 15) is 9.59 Å². The van der Waals surface area contributed by atoms with Crippen molar-refractivity contribution < 1.29 is 14.3 Å². The quantitative estimate of drug-likeness (QED) is 0.489. The molecule has 0 aliphatic heterocycles. The Morgan fingerprint density at radius 3 is 2.04 bits per heavy atom. The predicted octanol–water partition coefficient (Wildman–Crippen LogP) is 3.98. The van der Waals surface area contributed by atoms with E-state index >= 15 is 0 Å². The zero-order valence-electron chi connectivity index (χ0n) is 15.0. The number of anilines is 1. The SMILES string of the molecule is Nc1cc(Cl)ccc1C(=O)OCC(=O)NC(c1ccccc1)c1ccccc1. The molecule has 3 aromatic rings. The summed E-state index contributed by atoms with van der Waals surface area (Å²) >= 11 is 5.83. The van der Waals surface area contributed by atoms with Crippen LogP contribution in [0.2, 0.25) is 5.02 Å². The number of esters is 1. The first-order valence-electron chi connectivity index (χ1n) is 8.66. The topological polar surface area (TPSA) is 81.4 Å². The summed E-state index contributed by atoms with van der Waals surface area (Å²) in [5.74, 6) is -1.10. The molecule has 0 radical (unpaired) electrons. The monoisotopic (exact) mass is 394 g/mol. The van der Waals surface area contributed by atoms with Gasteiger partial charge in [0, 0.05) is 10.7 Å². The fourth-order valence-corrected chi connectivity index (χ4v) is 2.96. The highest BCUT2D eigenvalue weighted by Gasteiger charge is 2.18. The van der Waals surface area contributed by atoms with Gasteiger partial charge in [-0.3, -0.25) is 4.79 Å². The molecule has 3 aromatic carbocycles. The molecule has 3 N–H and O–H groups in total. The number of benzene rings is 3. The highest BCUT2D eigenvalue weighted by molar-refractivity contribution is 6.31. The van der Waals surface area contributed by atoms with Gasteiger partial charge >= 0.3 is 5.97 Å². The number of nitrogens with two attached hydrogens (primary N) is 1. The molecule has 0 atom stereocenters. The van der Waals surface area contributed by atoms with Crippen molar-refractivity contribution in [2.75, 3.05) is 12.3 Å². The standard InChI is InChI=1S/C22H19ClN2O3/c23-17-11-12-18(19(24)13-17)22(27)28-14-20(26)25-21(15-7-3-1-4-8-15)16-9-5-2-6-10-16/h1-13,21H,14,24H2,(H,25,26). The Labute approximate surface area is 168 Å². The highest BCUT2D eigenvalue weighted by atomic mass is 35.5. The van der Waals surface area contributed by atoms with Crippen LogP contribution in [0.3, 0.4) is 0 Å². The molecule has 0 saturated heterocycles. The molecule has 0 aromatic heterocycles. The Morgan fingerprint density at radius 1 is 0.929 bits per heavy atom. The van der Waals surface area contributed by atoms with Gasteiger partial charge in [-0.1, -0.05) is 72.3 Å². The van der Waals surface area contributed by atoms with E-state index in [1.807, 2.05) is 60.7 Å². The van der Waals surface area contributed by atoms with Crippen molar-refractivity contribution in [3.63, 3.8) is 0 Å². The van der Waals surface area contributed by atoms with E-state index in [2.05, 4.69) is 5.32 Å². The molecule has 3 rings (SSSR count). The van der Waals surface area contributed by atoms with Crippen LogP contribution in [0.25, 0.3) is 0 Å². The third-order valence-electron chi connectivity index (χ3n) is 4.14. The smallest absolute Gasteiger partial charge is 0.340 e. The van der Waals surface area contributed by atoms with Gasteiger partial charge in [0.05, 0.1) is 11.6 Å². The van der Waals surface area contributed by atoms with Gasteiger partial charge < -0.3 is 15.8 Å². The third-order valence-corrected chi connectivity index (χ3v) is 4.37. The summed E-state index contributed by atoms with van der Waals surface area (Å²) in [6.45, 7) is -0.420. The minimum atomic E-state index is -0.680. The largest absolute Gasteiger partial charge is 0.452 e. The minimum absolute atomic E-state index is 0.167. The summed E-state index contributed by atoms with van der Waals surface area (Å²) in [6, 6.07) is 23.3. The maximum atomic E-state index is 12.4. The van der Waals surface area contributed by atoms with Crippen molar-refractivity contribution in [1.82, 2.24) is 5.32 Å². The Kier molecular flexibility index (Phi) is 6.29. The first kappa shape index (κ1) is 19.5. The van der Waals surface area contributed by atoms with Crippen molar-refractivity contribution in [1.29, 1.82) is 0 Å². The Hall–Kier alpha value is -3.31. The number of carbonyl (C=O) groups excluding carboxylic acids is 2. The molecule has 142 valence electrons. The molecule has 28 heavy (non-hydrogen) atoms. The van der Waals surface area contributed by atoms with Crippen molar-refractivity contribution in [2.24, 2.45) is 0 Å². The zero-order chi connectivity index (χ0) is 19.9. The molecule has 6 heteroatoms. The average molecular weight is 395 g/mol. The molecule has 0 bridgehead atoms. The number of nitrogen functional groups attached to an aromatic ring is 1. The van der Waals surface area contributed by atoms with Crippen LogP contribution in [0.5, 0.6) is 0 Å². The lowest BCUT2D eigenvalue weighted by Crippen LogP contribution is -2.33. The molecular weight excluding hydrogens is 376 g/mol. The van der Waals surface area contributed by atoms with Crippen LogP contribution < -0.4 is 11.1 Å². The van der Waals surface area contributed by atoms with Crippen LogP contribution in [0.4, 0.5) is 5.69 Å². The van der Waals surface area contributed by atoms with E-state index in [-0.39, 0.29) is 17.3 Å². The number of hydrogen-bond donors (Lipinski definition) is 2. The van der Waals surface area contributed by atoms with Gasteiger partial charge in [-0.05, 0) is 29.3 Å². The fraction of sp³-hybridized carbons (Fsp3) is 0.0909. The van der Waals surface area contributed by atoms with Crippen LogP contribution in [0.1, 0.15) is 27.5 Å². The zero-order valence-corrected chi connectivity index (χ0v) is 15.7. The van der Waals surface area contributed by atoms with E-state index in [0.29, 0.717) is 5.02 Å². The van der Waals surface area contributed by atoms with E-state index in [1.165, 1.54) is 18.2 Å². The average Bonchev–Trinajstić information content (AvgIpc) is 2.71. The Bertz CT molecular complexity index is 923. The molecule has 0 aliphatic carbocycles. The molecule has 0 aliphatic rings. The van der Waals surface area contributed by atoms with Crippen LogP contribution in [-0.2, 0) is 9.53 Å².